The molecule has 2 fully saturated rings. The van der Waals surface area contributed by atoms with Crippen LogP contribution in [0.5, 0.6) is 0 Å². The van der Waals surface area contributed by atoms with Gasteiger partial charge in [0, 0.05) is 18.3 Å². The van der Waals surface area contributed by atoms with Crippen LogP contribution in [0.2, 0.25) is 0 Å². The highest BCUT2D eigenvalue weighted by Gasteiger charge is 2.25. The Labute approximate surface area is 119 Å². The van der Waals surface area contributed by atoms with E-state index in [2.05, 4.69) is 52.6 Å². The van der Waals surface area contributed by atoms with Crippen LogP contribution >= 0.6 is 11.8 Å². The van der Waals surface area contributed by atoms with Crippen molar-refractivity contribution in [2.45, 2.75) is 24.9 Å². The standard InChI is InChI=1S/C15H21N3S/c1-18(13-7-8-13)10-9-16-15-17-14(11-19-15)12-5-3-2-4-6-12/h2-6,13-14H,7-11H2,1H3,(H,16,17). The van der Waals surface area contributed by atoms with Crippen molar-refractivity contribution in [1.82, 2.24) is 10.2 Å². The first kappa shape index (κ1) is 13.0. The van der Waals surface area contributed by atoms with Gasteiger partial charge in [-0.15, -0.1) is 0 Å². The Bertz CT molecular complexity index is 442. The lowest BCUT2D eigenvalue weighted by atomic mass is 10.1. The van der Waals surface area contributed by atoms with Crippen molar-refractivity contribution in [3.63, 3.8) is 0 Å². The number of thioether (sulfide) groups is 1. The van der Waals surface area contributed by atoms with E-state index in [9.17, 15) is 0 Å². The molecule has 1 aromatic carbocycles. The predicted octanol–water partition coefficient (Wildman–Crippen LogP) is 2.51. The van der Waals surface area contributed by atoms with E-state index >= 15 is 0 Å². The molecule has 1 heterocycles. The first-order valence-corrected chi connectivity index (χ1v) is 8.00. The summed E-state index contributed by atoms with van der Waals surface area (Å²) in [6, 6.07) is 11.9. The van der Waals surface area contributed by atoms with Crippen molar-refractivity contribution >= 4 is 16.9 Å². The molecule has 0 spiro atoms. The van der Waals surface area contributed by atoms with Gasteiger partial charge in [-0.25, -0.2) is 0 Å². The second-order valence-corrected chi connectivity index (χ2v) is 6.33. The molecule has 1 N–H and O–H groups in total. The van der Waals surface area contributed by atoms with E-state index in [1.165, 1.54) is 18.4 Å². The molecule has 1 aliphatic heterocycles. The van der Waals surface area contributed by atoms with Crippen LogP contribution < -0.4 is 5.32 Å². The third kappa shape index (κ3) is 3.51. The SMILES string of the molecule is CN(CCN=C1NC(c2ccccc2)CS1)C1CC1. The highest BCUT2D eigenvalue weighted by Crippen LogP contribution is 2.26. The topological polar surface area (TPSA) is 27.6 Å². The van der Waals surface area contributed by atoms with Gasteiger partial charge in [0.1, 0.15) is 0 Å². The minimum absolute atomic E-state index is 0.422. The lowest BCUT2D eigenvalue weighted by Gasteiger charge is -2.13. The molecule has 0 bridgehead atoms. The molecule has 1 aromatic rings. The summed E-state index contributed by atoms with van der Waals surface area (Å²) >= 11 is 1.84. The van der Waals surface area contributed by atoms with Gasteiger partial charge in [0.05, 0.1) is 12.6 Å². The highest BCUT2D eigenvalue weighted by atomic mass is 32.2. The lowest BCUT2D eigenvalue weighted by Crippen LogP contribution is -2.25. The summed E-state index contributed by atoms with van der Waals surface area (Å²) in [5.74, 6) is 1.08. The Morgan fingerprint density at radius 2 is 2.11 bits per heavy atom. The van der Waals surface area contributed by atoms with Gasteiger partial charge >= 0.3 is 0 Å². The maximum Gasteiger partial charge on any atom is 0.157 e. The summed E-state index contributed by atoms with van der Waals surface area (Å²) in [7, 11) is 2.21. The molecule has 1 unspecified atom stereocenters. The first-order chi connectivity index (χ1) is 9.33. The third-order valence-electron chi connectivity index (χ3n) is 3.76. The highest BCUT2D eigenvalue weighted by molar-refractivity contribution is 8.14. The Morgan fingerprint density at radius 3 is 2.84 bits per heavy atom. The van der Waals surface area contributed by atoms with Crippen LogP contribution in [0.4, 0.5) is 0 Å². The van der Waals surface area contributed by atoms with Gasteiger partial charge in [0.2, 0.25) is 0 Å². The Morgan fingerprint density at radius 1 is 1.32 bits per heavy atom. The molecule has 1 saturated heterocycles. The minimum Gasteiger partial charge on any atom is -0.357 e. The van der Waals surface area contributed by atoms with Crippen LogP contribution in [0.1, 0.15) is 24.4 Å². The van der Waals surface area contributed by atoms with Crippen molar-refractivity contribution < 1.29 is 0 Å². The number of likely N-dealkylation sites (N-methyl/N-ethyl adjacent to an activating group) is 1. The van der Waals surface area contributed by atoms with Crippen molar-refractivity contribution in [3.8, 4) is 0 Å². The fourth-order valence-electron chi connectivity index (χ4n) is 2.36. The summed E-state index contributed by atoms with van der Waals surface area (Å²) in [6.07, 6.45) is 2.74. The number of hydrogen-bond acceptors (Lipinski definition) is 3. The zero-order valence-electron chi connectivity index (χ0n) is 11.4. The van der Waals surface area contributed by atoms with Gasteiger partial charge in [-0.2, -0.15) is 0 Å². The van der Waals surface area contributed by atoms with E-state index in [4.69, 9.17) is 0 Å². The summed E-state index contributed by atoms with van der Waals surface area (Å²) in [4.78, 5) is 7.10. The maximum absolute atomic E-state index is 4.68. The van der Waals surface area contributed by atoms with Crippen LogP contribution in [0.25, 0.3) is 0 Å². The largest absolute Gasteiger partial charge is 0.357 e. The van der Waals surface area contributed by atoms with Crippen molar-refractivity contribution in [1.29, 1.82) is 0 Å². The van der Waals surface area contributed by atoms with E-state index in [1.54, 1.807) is 0 Å². The van der Waals surface area contributed by atoms with Crippen LogP contribution in [-0.2, 0) is 0 Å². The Hall–Kier alpha value is -1.00. The zero-order chi connectivity index (χ0) is 13.1. The first-order valence-electron chi connectivity index (χ1n) is 7.02. The van der Waals surface area contributed by atoms with Crippen molar-refractivity contribution in [2.75, 3.05) is 25.9 Å². The van der Waals surface area contributed by atoms with Crippen molar-refractivity contribution in [2.24, 2.45) is 4.99 Å². The Balaban J connectivity index is 1.48. The summed E-state index contributed by atoms with van der Waals surface area (Å²) in [5.41, 5.74) is 1.36. The smallest absolute Gasteiger partial charge is 0.157 e. The fourth-order valence-corrected chi connectivity index (χ4v) is 3.37. The van der Waals surface area contributed by atoms with Gasteiger partial charge in [-0.1, -0.05) is 42.1 Å². The van der Waals surface area contributed by atoms with E-state index < -0.39 is 0 Å². The average Bonchev–Trinajstić information content (AvgIpc) is 3.20. The minimum atomic E-state index is 0.422. The summed E-state index contributed by atoms with van der Waals surface area (Å²) < 4.78 is 0. The third-order valence-corrected chi connectivity index (χ3v) is 4.79. The number of benzene rings is 1. The second-order valence-electron chi connectivity index (χ2n) is 5.32. The van der Waals surface area contributed by atoms with Crippen molar-refractivity contribution in [3.05, 3.63) is 35.9 Å². The number of hydrogen-bond donors (Lipinski definition) is 1. The van der Waals surface area contributed by atoms with E-state index in [0.717, 1.165) is 30.1 Å². The normalized spacial score (nSPS) is 24.9. The number of nitrogens with zero attached hydrogens (tertiary/aromatic N) is 2. The molecule has 19 heavy (non-hydrogen) atoms. The molecular formula is C15H21N3S. The molecule has 0 radical (unpaired) electrons. The quantitative estimate of drug-likeness (QED) is 0.895. The van der Waals surface area contributed by atoms with E-state index in [1.807, 2.05) is 11.8 Å². The molecule has 4 heteroatoms. The summed E-state index contributed by atoms with van der Waals surface area (Å²) in [6.45, 7) is 1.98. The molecule has 0 aromatic heterocycles. The van der Waals surface area contributed by atoms with Gasteiger partial charge in [-0.3, -0.25) is 4.99 Å². The van der Waals surface area contributed by atoms with Gasteiger partial charge in [-0.05, 0) is 25.5 Å². The molecule has 2 aliphatic rings. The monoisotopic (exact) mass is 275 g/mol. The average molecular weight is 275 g/mol. The predicted molar refractivity (Wildman–Crippen MR) is 82.7 cm³/mol. The lowest BCUT2D eigenvalue weighted by molar-refractivity contribution is 0.334. The maximum atomic E-state index is 4.68. The zero-order valence-corrected chi connectivity index (χ0v) is 12.2. The molecule has 3 nitrogen and oxygen atoms in total. The molecule has 1 aliphatic carbocycles. The molecule has 1 atom stereocenters. The second kappa shape index (κ2) is 5.97. The van der Waals surface area contributed by atoms with Gasteiger partial charge < -0.3 is 10.2 Å². The van der Waals surface area contributed by atoms with Gasteiger partial charge in [0.25, 0.3) is 0 Å². The fraction of sp³-hybridized carbons (Fsp3) is 0.533. The molecule has 0 amide bonds. The Kier molecular flexibility index (Phi) is 4.09. The molecular weight excluding hydrogens is 254 g/mol. The molecule has 102 valence electrons. The molecule has 1 saturated carbocycles. The van der Waals surface area contributed by atoms with E-state index in [-0.39, 0.29) is 0 Å². The van der Waals surface area contributed by atoms with Crippen LogP contribution in [0.3, 0.4) is 0 Å². The molecule has 3 rings (SSSR count). The number of rotatable bonds is 5. The number of amidine groups is 1. The van der Waals surface area contributed by atoms with Crippen LogP contribution in [-0.4, -0.2) is 42.0 Å². The number of nitrogens with one attached hydrogen (secondary N) is 1. The van der Waals surface area contributed by atoms with Gasteiger partial charge in [0.15, 0.2) is 5.17 Å². The number of aliphatic imine (C=N–C) groups is 1. The van der Waals surface area contributed by atoms with E-state index in [0.29, 0.717) is 6.04 Å². The van der Waals surface area contributed by atoms with Crippen LogP contribution in [0.15, 0.2) is 35.3 Å². The summed E-state index contributed by atoms with van der Waals surface area (Å²) in [5, 5.41) is 4.63. The van der Waals surface area contributed by atoms with Crippen LogP contribution in [0, 0.1) is 0 Å².